The van der Waals surface area contributed by atoms with Crippen molar-refractivity contribution in [2.45, 2.75) is 90.9 Å². The van der Waals surface area contributed by atoms with E-state index in [2.05, 4.69) is 24.4 Å². The van der Waals surface area contributed by atoms with E-state index in [-0.39, 0.29) is 18.4 Å². The maximum absolute atomic E-state index is 11.5. The Labute approximate surface area is 148 Å². The van der Waals surface area contributed by atoms with E-state index < -0.39 is 0 Å². The van der Waals surface area contributed by atoms with Gasteiger partial charge in [0, 0.05) is 6.42 Å². The fourth-order valence-corrected chi connectivity index (χ4v) is 2.47. The number of carbonyl (C=O) groups is 2. The summed E-state index contributed by atoms with van der Waals surface area (Å²) in [6.07, 6.45) is 18.5. The van der Waals surface area contributed by atoms with Crippen LogP contribution in [-0.4, -0.2) is 25.0 Å². The number of esters is 1. The first-order chi connectivity index (χ1) is 11.7. The molecule has 0 aromatic carbocycles. The van der Waals surface area contributed by atoms with Crippen LogP contribution in [-0.2, 0) is 14.3 Å². The van der Waals surface area contributed by atoms with Gasteiger partial charge < -0.3 is 10.1 Å². The standard InChI is InChI=1S/C20H37NO3/c1-3-5-6-7-8-9-10-11-12-13-14-15-16-17-19(22)21-18-20(23)24-4-2/h9-10H,3-8,11-18H2,1-2H3,(H,21,22)/b10-9-. The Morgan fingerprint density at radius 1 is 0.833 bits per heavy atom. The average molecular weight is 340 g/mol. The second kappa shape index (κ2) is 18.0. The number of ether oxygens (including phenoxy) is 1. The largest absolute Gasteiger partial charge is 0.465 e. The van der Waals surface area contributed by atoms with Gasteiger partial charge in [0.2, 0.25) is 5.91 Å². The Balaban J connectivity index is 3.28. The number of hydrogen-bond donors (Lipinski definition) is 1. The van der Waals surface area contributed by atoms with Crippen LogP contribution in [0.1, 0.15) is 90.9 Å². The quantitative estimate of drug-likeness (QED) is 0.247. The molecule has 0 saturated heterocycles. The zero-order valence-electron chi connectivity index (χ0n) is 15.8. The van der Waals surface area contributed by atoms with Crippen molar-refractivity contribution < 1.29 is 14.3 Å². The molecular formula is C20H37NO3. The van der Waals surface area contributed by atoms with Crippen LogP contribution in [0, 0.1) is 0 Å². The van der Waals surface area contributed by atoms with Gasteiger partial charge in [-0.25, -0.2) is 0 Å². The minimum absolute atomic E-state index is 0.0164. The molecule has 0 aromatic heterocycles. The molecule has 140 valence electrons. The van der Waals surface area contributed by atoms with Gasteiger partial charge in [-0.15, -0.1) is 0 Å². The molecule has 24 heavy (non-hydrogen) atoms. The maximum Gasteiger partial charge on any atom is 0.325 e. The molecule has 0 saturated carbocycles. The van der Waals surface area contributed by atoms with E-state index in [9.17, 15) is 9.59 Å². The summed E-state index contributed by atoms with van der Waals surface area (Å²) in [6.45, 7) is 4.33. The number of unbranched alkanes of at least 4 members (excludes halogenated alkanes) is 9. The molecule has 4 nitrogen and oxygen atoms in total. The molecule has 0 bridgehead atoms. The predicted octanol–water partition coefficient (Wildman–Crippen LogP) is 4.92. The van der Waals surface area contributed by atoms with Crippen LogP contribution in [0.3, 0.4) is 0 Å². The first-order valence-corrected chi connectivity index (χ1v) is 9.78. The summed E-state index contributed by atoms with van der Waals surface area (Å²) in [5.74, 6) is -0.432. The fourth-order valence-electron chi connectivity index (χ4n) is 2.47. The molecule has 0 atom stereocenters. The van der Waals surface area contributed by atoms with Crippen LogP contribution in [0.5, 0.6) is 0 Å². The van der Waals surface area contributed by atoms with Gasteiger partial charge in [0.1, 0.15) is 6.54 Å². The third-order valence-corrected chi connectivity index (χ3v) is 3.90. The molecular weight excluding hydrogens is 302 g/mol. The van der Waals surface area contributed by atoms with Gasteiger partial charge in [-0.05, 0) is 39.0 Å². The van der Waals surface area contributed by atoms with Gasteiger partial charge >= 0.3 is 5.97 Å². The van der Waals surface area contributed by atoms with Gasteiger partial charge in [0.15, 0.2) is 0 Å². The fraction of sp³-hybridized carbons (Fsp3) is 0.800. The monoisotopic (exact) mass is 339 g/mol. The minimum atomic E-state index is -0.371. The van der Waals surface area contributed by atoms with E-state index in [4.69, 9.17) is 4.74 Å². The van der Waals surface area contributed by atoms with E-state index >= 15 is 0 Å². The highest BCUT2D eigenvalue weighted by molar-refractivity contribution is 5.81. The van der Waals surface area contributed by atoms with Gasteiger partial charge in [0.05, 0.1) is 6.61 Å². The molecule has 0 heterocycles. The predicted molar refractivity (Wildman–Crippen MR) is 99.9 cm³/mol. The Morgan fingerprint density at radius 2 is 1.42 bits per heavy atom. The van der Waals surface area contributed by atoms with Crippen LogP contribution in [0.4, 0.5) is 0 Å². The topological polar surface area (TPSA) is 55.4 Å². The van der Waals surface area contributed by atoms with E-state index in [0.29, 0.717) is 13.0 Å². The van der Waals surface area contributed by atoms with Crippen LogP contribution < -0.4 is 5.32 Å². The van der Waals surface area contributed by atoms with Crippen molar-refractivity contribution in [2.24, 2.45) is 0 Å². The smallest absolute Gasteiger partial charge is 0.325 e. The second-order valence-electron chi connectivity index (χ2n) is 6.21. The number of allylic oxidation sites excluding steroid dienone is 2. The summed E-state index contributed by atoms with van der Waals surface area (Å²) in [5, 5.41) is 2.59. The van der Waals surface area contributed by atoms with Crippen molar-refractivity contribution in [1.29, 1.82) is 0 Å². The van der Waals surface area contributed by atoms with Crippen molar-refractivity contribution in [3.05, 3.63) is 12.2 Å². The van der Waals surface area contributed by atoms with E-state index in [1.165, 1.54) is 57.8 Å². The summed E-state index contributed by atoms with van der Waals surface area (Å²) in [6, 6.07) is 0. The van der Waals surface area contributed by atoms with Crippen LogP contribution in [0.25, 0.3) is 0 Å². The highest BCUT2D eigenvalue weighted by atomic mass is 16.5. The van der Waals surface area contributed by atoms with Crippen LogP contribution in [0.15, 0.2) is 12.2 Å². The zero-order chi connectivity index (χ0) is 17.9. The minimum Gasteiger partial charge on any atom is -0.465 e. The summed E-state index contributed by atoms with van der Waals surface area (Å²) in [7, 11) is 0. The Morgan fingerprint density at radius 3 is 2.04 bits per heavy atom. The SMILES string of the molecule is CCCCCC/C=C\CCCCCCCC(=O)NCC(=O)OCC. The van der Waals surface area contributed by atoms with Crippen LogP contribution >= 0.6 is 0 Å². The van der Waals surface area contributed by atoms with Crippen LogP contribution in [0.2, 0.25) is 0 Å². The summed E-state index contributed by atoms with van der Waals surface area (Å²) >= 11 is 0. The number of rotatable bonds is 16. The van der Waals surface area contributed by atoms with Gasteiger partial charge in [0.25, 0.3) is 0 Å². The van der Waals surface area contributed by atoms with Crippen molar-refractivity contribution >= 4 is 11.9 Å². The molecule has 1 N–H and O–H groups in total. The molecule has 0 aliphatic heterocycles. The molecule has 0 aliphatic rings. The Hall–Kier alpha value is -1.32. The molecule has 0 unspecified atom stereocenters. The van der Waals surface area contributed by atoms with Gasteiger partial charge in [-0.3, -0.25) is 9.59 Å². The lowest BCUT2D eigenvalue weighted by molar-refractivity contribution is -0.143. The second-order valence-corrected chi connectivity index (χ2v) is 6.21. The third-order valence-electron chi connectivity index (χ3n) is 3.90. The Bertz CT molecular complexity index is 340. The molecule has 0 aliphatic carbocycles. The molecule has 0 spiro atoms. The molecule has 0 rings (SSSR count). The Kier molecular flexibility index (Phi) is 17.0. The first kappa shape index (κ1) is 22.7. The molecule has 0 fully saturated rings. The summed E-state index contributed by atoms with van der Waals surface area (Å²) in [4.78, 5) is 22.6. The summed E-state index contributed by atoms with van der Waals surface area (Å²) < 4.78 is 4.76. The molecule has 1 amide bonds. The van der Waals surface area contributed by atoms with Gasteiger partial charge in [-0.1, -0.05) is 57.6 Å². The lowest BCUT2D eigenvalue weighted by Gasteiger charge is -2.05. The number of hydrogen-bond acceptors (Lipinski definition) is 3. The lowest BCUT2D eigenvalue weighted by Crippen LogP contribution is -2.30. The molecule has 0 aromatic rings. The third kappa shape index (κ3) is 17.0. The van der Waals surface area contributed by atoms with Crippen molar-refractivity contribution in [3.63, 3.8) is 0 Å². The van der Waals surface area contributed by atoms with Crippen molar-refractivity contribution in [1.82, 2.24) is 5.32 Å². The normalized spacial score (nSPS) is 10.9. The summed E-state index contributed by atoms with van der Waals surface area (Å²) in [5.41, 5.74) is 0. The average Bonchev–Trinajstić information content (AvgIpc) is 2.57. The first-order valence-electron chi connectivity index (χ1n) is 9.78. The van der Waals surface area contributed by atoms with E-state index in [0.717, 1.165) is 12.8 Å². The van der Waals surface area contributed by atoms with E-state index in [1.54, 1.807) is 6.92 Å². The molecule has 0 radical (unpaired) electrons. The highest BCUT2D eigenvalue weighted by Gasteiger charge is 2.05. The number of nitrogens with one attached hydrogen (secondary N) is 1. The van der Waals surface area contributed by atoms with Crippen molar-refractivity contribution in [2.75, 3.05) is 13.2 Å². The zero-order valence-corrected chi connectivity index (χ0v) is 15.8. The highest BCUT2D eigenvalue weighted by Crippen LogP contribution is 2.08. The van der Waals surface area contributed by atoms with E-state index in [1.807, 2.05) is 0 Å². The number of carbonyl (C=O) groups excluding carboxylic acids is 2. The van der Waals surface area contributed by atoms with Crippen molar-refractivity contribution in [3.8, 4) is 0 Å². The maximum atomic E-state index is 11.5. The lowest BCUT2D eigenvalue weighted by atomic mass is 10.1. The van der Waals surface area contributed by atoms with Gasteiger partial charge in [-0.2, -0.15) is 0 Å². The molecule has 4 heteroatoms. The number of amides is 1.